The largest absolute Gasteiger partial charge is 0.355 e. The van der Waals surface area contributed by atoms with Crippen LogP contribution in [0, 0.1) is 0 Å². The fourth-order valence-electron chi connectivity index (χ4n) is 3.17. The van der Waals surface area contributed by atoms with E-state index in [1.807, 2.05) is 57.2 Å². The fraction of sp³-hybridized carbons (Fsp3) is 0.348. The second kappa shape index (κ2) is 9.27. The molecule has 1 heterocycles. The van der Waals surface area contributed by atoms with Crippen LogP contribution in [0.15, 0.2) is 64.5 Å². The lowest BCUT2D eigenvalue weighted by Gasteiger charge is -2.19. The van der Waals surface area contributed by atoms with Gasteiger partial charge in [-0.1, -0.05) is 61.2 Å². The molecule has 0 fully saturated rings. The Morgan fingerprint density at radius 2 is 1.69 bits per heavy atom. The maximum absolute atomic E-state index is 12.9. The van der Waals surface area contributed by atoms with E-state index in [-0.39, 0.29) is 28.7 Å². The van der Waals surface area contributed by atoms with Crippen LogP contribution in [0.2, 0.25) is 0 Å². The first kappa shape index (κ1) is 21.1. The Bertz CT molecular complexity index is 1050. The second-order valence-corrected chi connectivity index (χ2v) is 8.81. The zero-order valence-electron chi connectivity index (χ0n) is 17.3. The Morgan fingerprint density at radius 3 is 2.38 bits per heavy atom. The van der Waals surface area contributed by atoms with Gasteiger partial charge in [0.25, 0.3) is 5.56 Å². The molecule has 0 aliphatic carbocycles. The van der Waals surface area contributed by atoms with Crippen LogP contribution in [-0.2, 0) is 4.79 Å². The Kier molecular flexibility index (Phi) is 6.75. The summed E-state index contributed by atoms with van der Waals surface area (Å²) < 4.78 is 1.67. The third kappa shape index (κ3) is 4.88. The highest BCUT2D eigenvalue weighted by atomic mass is 32.2. The van der Waals surface area contributed by atoms with Crippen LogP contribution in [0.3, 0.4) is 0 Å². The van der Waals surface area contributed by atoms with Crippen LogP contribution in [0.25, 0.3) is 10.9 Å². The van der Waals surface area contributed by atoms with Crippen LogP contribution < -0.4 is 10.9 Å². The van der Waals surface area contributed by atoms with E-state index in [9.17, 15) is 9.59 Å². The first-order valence-electron chi connectivity index (χ1n) is 9.89. The third-order valence-electron chi connectivity index (χ3n) is 4.89. The number of nitrogens with one attached hydrogen (secondary N) is 1. The zero-order chi connectivity index (χ0) is 21.0. The molecule has 6 heteroatoms. The molecule has 0 radical (unpaired) electrons. The molecule has 1 N–H and O–H groups in total. The Balaban J connectivity index is 1.75. The SMILES string of the molecule is CC(Sc1nc2ccccc2c(=O)n1C(C)C)C(=O)NCC(C)c1ccccc1. The minimum Gasteiger partial charge on any atom is -0.355 e. The summed E-state index contributed by atoms with van der Waals surface area (Å²) in [6.45, 7) is 8.41. The van der Waals surface area contributed by atoms with Crippen molar-refractivity contribution < 1.29 is 4.79 Å². The van der Waals surface area contributed by atoms with Crippen molar-refractivity contribution in [3.05, 3.63) is 70.5 Å². The van der Waals surface area contributed by atoms with Gasteiger partial charge in [0.2, 0.25) is 5.91 Å². The molecule has 5 nitrogen and oxygen atoms in total. The van der Waals surface area contributed by atoms with Crippen LogP contribution in [0.4, 0.5) is 0 Å². The molecule has 0 saturated carbocycles. The molecule has 0 spiro atoms. The van der Waals surface area contributed by atoms with Gasteiger partial charge < -0.3 is 5.32 Å². The number of thioether (sulfide) groups is 1. The van der Waals surface area contributed by atoms with Crippen LogP contribution >= 0.6 is 11.8 Å². The van der Waals surface area contributed by atoms with E-state index in [4.69, 9.17) is 0 Å². The van der Waals surface area contributed by atoms with Gasteiger partial charge in [-0.15, -0.1) is 0 Å². The molecular weight excluding hydrogens is 382 g/mol. The molecule has 3 aromatic rings. The molecule has 2 aromatic carbocycles. The van der Waals surface area contributed by atoms with E-state index in [1.54, 1.807) is 10.6 Å². The van der Waals surface area contributed by atoms with Crippen molar-refractivity contribution >= 4 is 28.6 Å². The number of amides is 1. The van der Waals surface area contributed by atoms with Gasteiger partial charge in [-0.05, 0) is 44.4 Å². The Morgan fingerprint density at radius 1 is 1.03 bits per heavy atom. The minimum atomic E-state index is -0.365. The number of aromatic nitrogens is 2. The summed E-state index contributed by atoms with van der Waals surface area (Å²) in [4.78, 5) is 30.3. The van der Waals surface area contributed by atoms with E-state index >= 15 is 0 Å². The van der Waals surface area contributed by atoms with E-state index in [0.29, 0.717) is 22.6 Å². The molecule has 1 aromatic heterocycles. The Labute approximate surface area is 175 Å². The van der Waals surface area contributed by atoms with Crippen molar-refractivity contribution in [1.29, 1.82) is 0 Å². The van der Waals surface area contributed by atoms with Gasteiger partial charge >= 0.3 is 0 Å². The number of carbonyl (C=O) groups is 1. The Hall–Kier alpha value is -2.60. The highest BCUT2D eigenvalue weighted by Gasteiger charge is 2.21. The summed E-state index contributed by atoms with van der Waals surface area (Å²) in [6.07, 6.45) is 0. The van der Waals surface area contributed by atoms with Crippen LogP contribution in [-0.4, -0.2) is 27.3 Å². The summed E-state index contributed by atoms with van der Waals surface area (Å²) >= 11 is 1.32. The predicted octanol–water partition coefficient (Wildman–Crippen LogP) is 4.38. The van der Waals surface area contributed by atoms with Crippen molar-refractivity contribution in [3.8, 4) is 0 Å². The number of benzene rings is 2. The maximum atomic E-state index is 12.9. The fourth-order valence-corrected chi connectivity index (χ4v) is 4.24. The van der Waals surface area contributed by atoms with Gasteiger partial charge in [0.05, 0.1) is 16.2 Å². The van der Waals surface area contributed by atoms with Gasteiger partial charge in [-0.3, -0.25) is 14.2 Å². The average molecular weight is 410 g/mol. The molecule has 152 valence electrons. The van der Waals surface area contributed by atoms with Gasteiger partial charge in [0, 0.05) is 12.6 Å². The summed E-state index contributed by atoms with van der Waals surface area (Å²) in [7, 11) is 0. The highest BCUT2D eigenvalue weighted by molar-refractivity contribution is 8.00. The topological polar surface area (TPSA) is 64.0 Å². The number of nitrogens with zero attached hydrogens (tertiary/aromatic N) is 2. The van der Waals surface area contributed by atoms with Gasteiger partial charge in [0.15, 0.2) is 5.16 Å². The summed E-state index contributed by atoms with van der Waals surface area (Å²) in [5.41, 5.74) is 1.78. The van der Waals surface area contributed by atoms with Gasteiger partial charge in [0.1, 0.15) is 0 Å². The van der Waals surface area contributed by atoms with Crippen LogP contribution in [0.5, 0.6) is 0 Å². The van der Waals surface area contributed by atoms with E-state index < -0.39 is 0 Å². The van der Waals surface area contributed by atoms with E-state index in [2.05, 4.69) is 29.4 Å². The maximum Gasteiger partial charge on any atom is 0.262 e. The second-order valence-electron chi connectivity index (χ2n) is 7.50. The van der Waals surface area contributed by atoms with Crippen molar-refractivity contribution in [1.82, 2.24) is 14.9 Å². The number of hydrogen-bond donors (Lipinski definition) is 1. The molecule has 2 atom stereocenters. The zero-order valence-corrected chi connectivity index (χ0v) is 18.1. The van der Waals surface area contributed by atoms with Gasteiger partial charge in [-0.2, -0.15) is 0 Å². The smallest absolute Gasteiger partial charge is 0.262 e. The average Bonchev–Trinajstić information content (AvgIpc) is 2.72. The quantitative estimate of drug-likeness (QED) is 0.465. The van der Waals surface area contributed by atoms with E-state index in [0.717, 1.165) is 0 Å². The van der Waals surface area contributed by atoms with Crippen molar-refractivity contribution in [2.75, 3.05) is 6.54 Å². The summed E-state index contributed by atoms with van der Waals surface area (Å²) in [6, 6.07) is 17.4. The first-order chi connectivity index (χ1) is 13.9. The summed E-state index contributed by atoms with van der Waals surface area (Å²) in [5.74, 6) is 0.167. The van der Waals surface area contributed by atoms with Crippen molar-refractivity contribution in [2.24, 2.45) is 0 Å². The number of para-hydroxylation sites is 1. The normalized spacial score (nSPS) is 13.4. The highest BCUT2D eigenvalue weighted by Crippen LogP contribution is 2.25. The number of rotatable bonds is 7. The summed E-state index contributed by atoms with van der Waals surface area (Å²) in [5, 5.41) is 3.83. The predicted molar refractivity (Wildman–Crippen MR) is 120 cm³/mol. The molecule has 0 aliphatic heterocycles. The number of carbonyl (C=O) groups excluding carboxylic acids is 1. The minimum absolute atomic E-state index is 0.0459. The molecule has 1 amide bonds. The molecule has 3 rings (SSSR count). The lowest BCUT2D eigenvalue weighted by atomic mass is 10.0. The molecule has 0 bridgehead atoms. The van der Waals surface area contributed by atoms with Gasteiger partial charge in [-0.25, -0.2) is 4.98 Å². The standard InChI is InChI=1S/C23H27N3O2S/c1-15(2)26-22(28)19-12-8-9-13-20(19)25-23(26)29-17(4)21(27)24-14-16(3)18-10-6-5-7-11-18/h5-13,15-17H,14H2,1-4H3,(H,24,27). The van der Waals surface area contributed by atoms with E-state index in [1.165, 1.54) is 17.3 Å². The number of fused-ring (bicyclic) bond motifs is 1. The first-order valence-corrected chi connectivity index (χ1v) is 10.8. The lowest BCUT2D eigenvalue weighted by molar-refractivity contribution is -0.120. The van der Waals surface area contributed by atoms with Crippen molar-refractivity contribution in [2.45, 2.75) is 50.1 Å². The molecule has 29 heavy (non-hydrogen) atoms. The molecular formula is C23H27N3O2S. The van der Waals surface area contributed by atoms with Crippen molar-refractivity contribution in [3.63, 3.8) is 0 Å². The molecule has 0 saturated heterocycles. The lowest BCUT2D eigenvalue weighted by Crippen LogP contribution is -2.34. The van der Waals surface area contributed by atoms with Crippen LogP contribution in [0.1, 0.15) is 45.2 Å². The third-order valence-corrected chi connectivity index (χ3v) is 5.96. The monoisotopic (exact) mass is 409 g/mol. The molecule has 0 aliphatic rings. The molecule has 2 unspecified atom stereocenters. The number of hydrogen-bond acceptors (Lipinski definition) is 4.